The molecule has 2 rings (SSSR count). The van der Waals surface area contributed by atoms with Gasteiger partial charge in [-0.2, -0.15) is 4.72 Å². The van der Waals surface area contributed by atoms with Gasteiger partial charge in [-0.1, -0.05) is 24.3 Å². The molecule has 1 heterocycles. The summed E-state index contributed by atoms with van der Waals surface area (Å²) in [6.45, 7) is 4.17. The minimum absolute atomic E-state index is 0.192. The molecule has 1 N–H and O–H groups in total. The van der Waals surface area contributed by atoms with Crippen molar-refractivity contribution in [2.75, 3.05) is 20.2 Å². The van der Waals surface area contributed by atoms with Gasteiger partial charge >= 0.3 is 0 Å². The van der Waals surface area contributed by atoms with Crippen molar-refractivity contribution in [2.45, 2.75) is 24.1 Å². The van der Waals surface area contributed by atoms with E-state index in [1.807, 2.05) is 31.2 Å². The van der Waals surface area contributed by atoms with Gasteiger partial charge in [0, 0.05) is 7.05 Å². The Morgan fingerprint density at radius 1 is 1.28 bits per heavy atom. The lowest BCUT2D eigenvalue weighted by Gasteiger charge is -2.22. The molecule has 0 saturated carbocycles. The van der Waals surface area contributed by atoms with Crippen molar-refractivity contribution < 1.29 is 17.9 Å². The van der Waals surface area contributed by atoms with E-state index >= 15 is 0 Å². The zero-order valence-corrected chi connectivity index (χ0v) is 16.1. The van der Waals surface area contributed by atoms with Crippen LogP contribution in [0.5, 0.6) is 5.75 Å². The van der Waals surface area contributed by atoms with E-state index in [2.05, 4.69) is 4.72 Å². The van der Waals surface area contributed by atoms with Crippen LogP contribution >= 0.6 is 11.3 Å². The Morgan fingerprint density at radius 3 is 2.64 bits per heavy atom. The molecule has 0 spiro atoms. The Labute approximate surface area is 152 Å². The van der Waals surface area contributed by atoms with Gasteiger partial charge in [0.05, 0.1) is 12.6 Å². The van der Waals surface area contributed by atoms with Crippen LogP contribution in [0.4, 0.5) is 0 Å². The lowest BCUT2D eigenvalue weighted by Crippen LogP contribution is -2.46. The molecule has 1 atom stereocenters. The van der Waals surface area contributed by atoms with Crippen molar-refractivity contribution in [2.24, 2.45) is 0 Å². The number of rotatable bonds is 8. The number of nitrogens with zero attached hydrogens (tertiary/aromatic N) is 1. The number of carbonyl (C=O) groups excluding carboxylic acids is 1. The highest BCUT2D eigenvalue weighted by Gasteiger charge is 2.24. The molecular formula is C17H22N2O4S2. The number of likely N-dealkylation sites (N-methyl/N-ethyl adjacent to an activating group) is 1. The molecule has 2 aromatic rings. The summed E-state index contributed by atoms with van der Waals surface area (Å²) in [5, 5.41) is 1.68. The second-order valence-electron chi connectivity index (χ2n) is 5.65. The van der Waals surface area contributed by atoms with Crippen LogP contribution < -0.4 is 9.46 Å². The van der Waals surface area contributed by atoms with Crippen molar-refractivity contribution >= 4 is 27.3 Å². The Kier molecular flexibility index (Phi) is 6.57. The minimum Gasteiger partial charge on any atom is -0.491 e. The maximum absolute atomic E-state index is 12.3. The number of amides is 1. The molecule has 25 heavy (non-hydrogen) atoms. The van der Waals surface area contributed by atoms with E-state index < -0.39 is 16.1 Å². The third-order valence-electron chi connectivity index (χ3n) is 3.62. The van der Waals surface area contributed by atoms with Gasteiger partial charge in [-0.3, -0.25) is 4.79 Å². The van der Waals surface area contributed by atoms with Gasteiger partial charge < -0.3 is 9.64 Å². The highest BCUT2D eigenvalue weighted by atomic mass is 32.2. The van der Waals surface area contributed by atoms with Gasteiger partial charge in [0.2, 0.25) is 5.91 Å². The molecule has 1 amide bonds. The molecular weight excluding hydrogens is 360 g/mol. The molecule has 0 aliphatic rings. The summed E-state index contributed by atoms with van der Waals surface area (Å²) < 4.78 is 32.6. The van der Waals surface area contributed by atoms with Crippen LogP contribution in [0.1, 0.15) is 12.5 Å². The standard InChI is InChI=1S/C17H22N2O4S2/c1-13-7-4-5-8-15(13)23-11-10-19(3)17(20)14(2)18-25(21,22)16-9-6-12-24-16/h4-9,12,14,18H,10-11H2,1-3H3. The number of para-hydroxylation sites is 1. The summed E-state index contributed by atoms with van der Waals surface area (Å²) in [6, 6.07) is 9.94. The predicted octanol–water partition coefficient (Wildman–Crippen LogP) is 2.26. The maximum Gasteiger partial charge on any atom is 0.250 e. The molecule has 0 radical (unpaired) electrons. The van der Waals surface area contributed by atoms with Crippen molar-refractivity contribution in [1.82, 2.24) is 9.62 Å². The van der Waals surface area contributed by atoms with Gasteiger partial charge in [-0.05, 0) is 36.9 Å². The Bertz CT molecular complexity index is 804. The number of carbonyl (C=O) groups is 1. The molecule has 8 heteroatoms. The average molecular weight is 383 g/mol. The molecule has 136 valence electrons. The monoisotopic (exact) mass is 382 g/mol. The summed E-state index contributed by atoms with van der Waals surface area (Å²) in [4.78, 5) is 13.8. The van der Waals surface area contributed by atoms with E-state index in [0.717, 1.165) is 22.6 Å². The first-order chi connectivity index (χ1) is 11.8. The number of nitrogens with one attached hydrogen (secondary N) is 1. The zero-order valence-electron chi connectivity index (χ0n) is 14.4. The molecule has 6 nitrogen and oxygen atoms in total. The topological polar surface area (TPSA) is 75.7 Å². The van der Waals surface area contributed by atoms with E-state index in [9.17, 15) is 13.2 Å². The quantitative estimate of drug-likeness (QED) is 0.760. The first-order valence-electron chi connectivity index (χ1n) is 7.80. The van der Waals surface area contributed by atoms with Crippen molar-refractivity contribution in [1.29, 1.82) is 0 Å². The summed E-state index contributed by atoms with van der Waals surface area (Å²) in [6.07, 6.45) is 0. The fourth-order valence-electron chi connectivity index (χ4n) is 2.21. The minimum atomic E-state index is -3.67. The molecule has 1 aromatic heterocycles. The number of sulfonamides is 1. The lowest BCUT2D eigenvalue weighted by atomic mass is 10.2. The van der Waals surface area contributed by atoms with Gasteiger partial charge in [0.25, 0.3) is 10.0 Å². The summed E-state index contributed by atoms with van der Waals surface area (Å²) in [5.41, 5.74) is 1.02. The van der Waals surface area contributed by atoms with E-state index in [-0.39, 0.29) is 10.1 Å². The highest BCUT2D eigenvalue weighted by molar-refractivity contribution is 7.91. The van der Waals surface area contributed by atoms with E-state index in [0.29, 0.717) is 13.2 Å². The largest absolute Gasteiger partial charge is 0.491 e. The molecule has 0 saturated heterocycles. The number of benzene rings is 1. The molecule has 0 bridgehead atoms. The van der Waals surface area contributed by atoms with Gasteiger partial charge in [0.15, 0.2) is 0 Å². The smallest absolute Gasteiger partial charge is 0.250 e. The number of aryl methyl sites for hydroxylation is 1. The van der Waals surface area contributed by atoms with Crippen molar-refractivity contribution in [3.63, 3.8) is 0 Å². The van der Waals surface area contributed by atoms with E-state index in [1.54, 1.807) is 18.5 Å². The van der Waals surface area contributed by atoms with Crippen LogP contribution in [0.2, 0.25) is 0 Å². The van der Waals surface area contributed by atoms with Gasteiger partial charge in [-0.15, -0.1) is 11.3 Å². The molecule has 0 fully saturated rings. The predicted molar refractivity (Wildman–Crippen MR) is 98.4 cm³/mol. The zero-order chi connectivity index (χ0) is 18.4. The summed E-state index contributed by atoms with van der Waals surface area (Å²) in [7, 11) is -2.05. The van der Waals surface area contributed by atoms with Crippen molar-refractivity contribution in [3.8, 4) is 5.75 Å². The van der Waals surface area contributed by atoms with Crippen LogP contribution in [0, 0.1) is 6.92 Å². The Hall–Kier alpha value is -1.90. The maximum atomic E-state index is 12.3. The molecule has 1 unspecified atom stereocenters. The Morgan fingerprint density at radius 2 is 2.00 bits per heavy atom. The van der Waals surface area contributed by atoms with E-state index in [4.69, 9.17) is 4.74 Å². The third-order valence-corrected chi connectivity index (χ3v) is 6.55. The Balaban J connectivity index is 1.86. The van der Waals surface area contributed by atoms with E-state index in [1.165, 1.54) is 17.9 Å². The van der Waals surface area contributed by atoms with Crippen LogP contribution in [0.25, 0.3) is 0 Å². The highest BCUT2D eigenvalue weighted by Crippen LogP contribution is 2.17. The SMILES string of the molecule is Cc1ccccc1OCCN(C)C(=O)C(C)NS(=O)(=O)c1cccs1. The fraction of sp³-hybridized carbons (Fsp3) is 0.353. The summed E-state index contributed by atoms with van der Waals surface area (Å²) in [5.74, 6) is 0.461. The third kappa shape index (κ3) is 5.29. The fourth-order valence-corrected chi connectivity index (χ4v) is 4.42. The molecule has 0 aliphatic carbocycles. The molecule has 0 aliphatic heterocycles. The van der Waals surface area contributed by atoms with Crippen LogP contribution in [0.3, 0.4) is 0 Å². The number of ether oxygens (including phenoxy) is 1. The molecule has 1 aromatic carbocycles. The average Bonchev–Trinajstić information content (AvgIpc) is 3.11. The lowest BCUT2D eigenvalue weighted by molar-refractivity contribution is -0.131. The first kappa shape index (κ1) is 19.4. The summed E-state index contributed by atoms with van der Waals surface area (Å²) >= 11 is 1.11. The van der Waals surface area contributed by atoms with Gasteiger partial charge in [-0.25, -0.2) is 8.42 Å². The number of hydrogen-bond acceptors (Lipinski definition) is 5. The second-order valence-corrected chi connectivity index (χ2v) is 8.54. The van der Waals surface area contributed by atoms with Crippen LogP contribution in [-0.4, -0.2) is 45.5 Å². The van der Waals surface area contributed by atoms with Gasteiger partial charge in [0.1, 0.15) is 16.6 Å². The second kappa shape index (κ2) is 8.46. The number of hydrogen-bond donors (Lipinski definition) is 1. The van der Waals surface area contributed by atoms with Crippen LogP contribution in [0.15, 0.2) is 46.0 Å². The first-order valence-corrected chi connectivity index (χ1v) is 10.2. The van der Waals surface area contributed by atoms with Crippen LogP contribution in [-0.2, 0) is 14.8 Å². The number of thiophene rings is 1. The van der Waals surface area contributed by atoms with Crippen molar-refractivity contribution in [3.05, 3.63) is 47.3 Å². The normalized spacial score (nSPS) is 12.6.